The number of hydrogen-bond donors (Lipinski definition) is 2. The number of ether oxygens (including phenoxy) is 1. The highest BCUT2D eigenvalue weighted by Gasteiger charge is 2.35. The van der Waals surface area contributed by atoms with Crippen molar-refractivity contribution in [1.29, 1.82) is 0 Å². The second-order valence-corrected chi connectivity index (χ2v) is 7.59. The number of pyridine rings is 2. The molecule has 3 heterocycles. The van der Waals surface area contributed by atoms with Crippen molar-refractivity contribution in [3.8, 4) is 5.88 Å². The maximum absolute atomic E-state index is 14.2. The summed E-state index contributed by atoms with van der Waals surface area (Å²) in [5, 5.41) is 13.0. The fourth-order valence-corrected chi connectivity index (χ4v) is 3.10. The zero-order chi connectivity index (χ0) is 22.9. The van der Waals surface area contributed by atoms with Crippen molar-refractivity contribution in [2.45, 2.75) is 45.8 Å². The summed E-state index contributed by atoms with van der Waals surface area (Å²) in [5.74, 6) is -1.84. The normalized spacial score (nSPS) is 15.8. The van der Waals surface area contributed by atoms with Crippen LogP contribution >= 0.6 is 0 Å². The Labute approximate surface area is 176 Å². The van der Waals surface area contributed by atoms with Gasteiger partial charge in [-0.3, -0.25) is 4.79 Å². The Balaban J connectivity index is 1.79. The van der Waals surface area contributed by atoms with Gasteiger partial charge in [0, 0.05) is 23.5 Å². The molecule has 1 aliphatic heterocycles. The summed E-state index contributed by atoms with van der Waals surface area (Å²) in [6.07, 6.45) is -2.84. The van der Waals surface area contributed by atoms with Crippen molar-refractivity contribution in [3.63, 3.8) is 0 Å². The lowest BCUT2D eigenvalue weighted by Gasteiger charge is -2.25. The van der Waals surface area contributed by atoms with Crippen LogP contribution in [0.25, 0.3) is 0 Å². The number of halogens is 4. The van der Waals surface area contributed by atoms with E-state index in [1.807, 2.05) is 13.8 Å². The first-order valence-electron chi connectivity index (χ1n) is 9.56. The number of nitrogens with one attached hydrogen (secondary N) is 1. The van der Waals surface area contributed by atoms with E-state index in [4.69, 9.17) is 0 Å². The SMILES string of the molecule is CC(C)C(O)Nc1nccc2c1CN(C(C)c1cnc(OCC(F)(F)F)c(F)c1)C2=O. The Morgan fingerprint density at radius 1 is 1.29 bits per heavy atom. The van der Waals surface area contributed by atoms with E-state index in [1.54, 1.807) is 13.0 Å². The fraction of sp³-hybridized carbons (Fsp3) is 0.450. The highest BCUT2D eigenvalue weighted by atomic mass is 19.4. The molecule has 11 heteroatoms. The zero-order valence-electron chi connectivity index (χ0n) is 17.1. The molecule has 0 aliphatic carbocycles. The van der Waals surface area contributed by atoms with Gasteiger partial charge >= 0.3 is 6.18 Å². The van der Waals surface area contributed by atoms with Crippen LogP contribution in [0.2, 0.25) is 0 Å². The van der Waals surface area contributed by atoms with Crippen LogP contribution < -0.4 is 10.1 Å². The number of nitrogens with zero attached hydrogens (tertiary/aromatic N) is 3. The molecule has 7 nitrogen and oxygen atoms in total. The largest absolute Gasteiger partial charge is 0.466 e. The number of carbonyl (C=O) groups excluding carboxylic acids is 1. The van der Waals surface area contributed by atoms with E-state index < -0.39 is 36.8 Å². The van der Waals surface area contributed by atoms with Crippen LogP contribution in [0.1, 0.15) is 48.3 Å². The smallest absolute Gasteiger partial charge is 0.422 e. The van der Waals surface area contributed by atoms with Crippen molar-refractivity contribution in [2.75, 3.05) is 11.9 Å². The molecule has 2 N–H and O–H groups in total. The Morgan fingerprint density at radius 2 is 2.00 bits per heavy atom. The number of aromatic nitrogens is 2. The van der Waals surface area contributed by atoms with Crippen LogP contribution in [0.4, 0.5) is 23.4 Å². The summed E-state index contributed by atoms with van der Waals surface area (Å²) in [4.78, 5) is 22.2. The molecule has 3 rings (SSSR count). The Kier molecular flexibility index (Phi) is 6.35. The van der Waals surface area contributed by atoms with Gasteiger partial charge in [0.05, 0.1) is 12.6 Å². The Bertz CT molecular complexity index is 968. The quantitative estimate of drug-likeness (QED) is 0.503. The molecule has 1 amide bonds. The maximum Gasteiger partial charge on any atom is 0.422 e. The highest BCUT2D eigenvalue weighted by molar-refractivity contribution is 5.99. The number of amides is 1. The van der Waals surface area contributed by atoms with Gasteiger partial charge in [0.25, 0.3) is 11.8 Å². The molecule has 0 aromatic carbocycles. The van der Waals surface area contributed by atoms with E-state index in [9.17, 15) is 27.5 Å². The van der Waals surface area contributed by atoms with Gasteiger partial charge in [-0.2, -0.15) is 13.2 Å². The predicted molar refractivity (Wildman–Crippen MR) is 103 cm³/mol. The number of aliphatic hydroxyl groups excluding tert-OH is 1. The van der Waals surface area contributed by atoms with Crippen LogP contribution in [-0.4, -0.2) is 44.9 Å². The molecule has 0 saturated heterocycles. The lowest BCUT2D eigenvalue weighted by Crippen LogP contribution is -2.28. The summed E-state index contributed by atoms with van der Waals surface area (Å²) >= 11 is 0. The minimum absolute atomic E-state index is 0.0862. The van der Waals surface area contributed by atoms with Gasteiger partial charge in [-0.1, -0.05) is 13.8 Å². The van der Waals surface area contributed by atoms with Gasteiger partial charge in [0.15, 0.2) is 12.4 Å². The van der Waals surface area contributed by atoms with E-state index in [1.165, 1.54) is 17.3 Å². The van der Waals surface area contributed by atoms with E-state index in [0.29, 0.717) is 22.5 Å². The van der Waals surface area contributed by atoms with Crippen LogP contribution in [0.3, 0.4) is 0 Å². The number of aliphatic hydroxyl groups is 1. The summed E-state index contributed by atoms with van der Waals surface area (Å²) in [5.41, 5.74) is 1.29. The van der Waals surface area contributed by atoms with E-state index in [0.717, 1.165) is 6.07 Å². The van der Waals surface area contributed by atoms with E-state index in [-0.39, 0.29) is 18.4 Å². The summed E-state index contributed by atoms with van der Waals surface area (Å²) < 4.78 is 55.4. The molecule has 168 valence electrons. The third-order valence-electron chi connectivity index (χ3n) is 4.94. The molecular weight excluding hydrogens is 420 g/mol. The predicted octanol–water partition coefficient (Wildman–Crippen LogP) is 3.66. The Morgan fingerprint density at radius 3 is 2.61 bits per heavy atom. The molecule has 0 spiro atoms. The number of fused-ring (bicyclic) bond motifs is 1. The van der Waals surface area contributed by atoms with Crippen LogP contribution in [0, 0.1) is 11.7 Å². The second-order valence-electron chi connectivity index (χ2n) is 7.59. The molecule has 2 aromatic rings. The summed E-state index contributed by atoms with van der Waals surface area (Å²) in [6.45, 7) is 3.80. The molecule has 1 aliphatic rings. The second kappa shape index (κ2) is 8.66. The van der Waals surface area contributed by atoms with E-state index in [2.05, 4.69) is 20.0 Å². The third-order valence-corrected chi connectivity index (χ3v) is 4.94. The van der Waals surface area contributed by atoms with Crippen molar-refractivity contribution >= 4 is 11.7 Å². The molecule has 2 aromatic heterocycles. The minimum atomic E-state index is -4.61. The molecule has 0 radical (unpaired) electrons. The van der Waals surface area contributed by atoms with Gasteiger partial charge in [0.2, 0.25) is 0 Å². The standard InChI is InChI=1S/C20H22F4N4O3/c1-10(2)17(29)27-16-14-8-28(19(30)13(14)4-5-25-16)11(3)12-6-15(21)18(26-7-12)31-9-20(22,23)24/h4-7,10-11,17,29H,8-9H2,1-3H3,(H,25,27). The molecule has 2 atom stereocenters. The number of hydrogen-bond acceptors (Lipinski definition) is 6. The fourth-order valence-electron chi connectivity index (χ4n) is 3.10. The average molecular weight is 442 g/mol. The lowest BCUT2D eigenvalue weighted by molar-refractivity contribution is -0.154. The minimum Gasteiger partial charge on any atom is -0.466 e. The molecule has 0 saturated carbocycles. The molecule has 31 heavy (non-hydrogen) atoms. The third kappa shape index (κ3) is 5.04. The van der Waals surface area contributed by atoms with Crippen LogP contribution in [0.15, 0.2) is 24.5 Å². The van der Waals surface area contributed by atoms with Crippen LogP contribution in [-0.2, 0) is 6.54 Å². The van der Waals surface area contributed by atoms with Gasteiger partial charge in [0.1, 0.15) is 12.0 Å². The monoisotopic (exact) mass is 442 g/mol. The van der Waals surface area contributed by atoms with Gasteiger partial charge in [-0.05, 0) is 30.5 Å². The first-order chi connectivity index (χ1) is 14.5. The number of alkyl halides is 3. The number of carbonyl (C=O) groups is 1. The van der Waals surface area contributed by atoms with Gasteiger partial charge < -0.3 is 20.1 Å². The summed E-state index contributed by atoms with van der Waals surface area (Å²) in [7, 11) is 0. The lowest BCUT2D eigenvalue weighted by atomic mass is 10.1. The van der Waals surface area contributed by atoms with E-state index >= 15 is 0 Å². The molecule has 2 unspecified atom stereocenters. The van der Waals surface area contributed by atoms with Gasteiger partial charge in [-0.15, -0.1) is 0 Å². The number of rotatable bonds is 7. The van der Waals surface area contributed by atoms with Crippen molar-refractivity contribution in [3.05, 3.63) is 47.0 Å². The first kappa shape index (κ1) is 22.7. The average Bonchev–Trinajstić information content (AvgIpc) is 3.03. The Hall–Kier alpha value is -2.95. The number of anilines is 1. The van der Waals surface area contributed by atoms with Crippen molar-refractivity contribution in [2.24, 2.45) is 5.92 Å². The first-order valence-corrected chi connectivity index (χ1v) is 9.56. The summed E-state index contributed by atoms with van der Waals surface area (Å²) in [6, 6.07) is 1.94. The highest BCUT2D eigenvalue weighted by Crippen LogP contribution is 2.35. The molecule has 0 fully saturated rings. The van der Waals surface area contributed by atoms with Crippen molar-refractivity contribution < 1.29 is 32.2 Å². The van der Waals surface area contributed by atoms with Crippen LogP contribution in [0.5, 0.6) is 5.88 Å². The molecule has 0 bridgehead atoms. The molecular formula is C20H22F4N4O3. The van der Waals surface area contributed by atoms with Gasteiger partial charge in [-0.25, -0.2) is 14.4 Å². The zero-order valence-corrected chi connectivity index (χ0v) is 17.1. The topological polar surface area (TPSA) is 87.6 Å². The maximum atomic E-state index is 14.2. The van der Waals surface area contributed by atoms with Crippen molar-refractivity contribution in [1.82, 2.24) is 14.9 Å².